The van der Waals surface area contributed by atoms with E-state index in [2.05, 4.69) is 42.3 Å². The van der Waals surface area contributed by atoms with Gasteiger partial charge in [0, 0.05) is 43.1 Å². The van der Waals surface area contributed by atoms with Crippen LogP contribution in [0.25, 0.3) is 0 Å². The summed E-state index contributed by atoms with van der Waals surface area (Å²) in [5, 5.41) is 2.90. The van der Waals surface area contributed by atoms with Crippen LogP contribution < -0.4 is 10.2 Å². The molecule has 1 fully saturated rings. The summed E-state index contributed by atoms with van der Waals surface area (Å²) in [7, 11) is 0. The molecule has 0 spiro atoms. The molecule has 1 heterocycles. The standard InChI is InChI=1S/C21H25N3O2/c1-15-6-4-9-20(16(15)2)23-10-12-24(13-11-23)21(26)22-19-8-5-7-18(14-19)17(3)25/h4-9,14H,10-13H2,1-3H3,(H,22,26). The third kappa shape index (κ3) is 3.87. The average Bonchev–Trinajstić information content (AvgIpc) is 2.64. The molecule has 0 atom stereocenters. The number of hydrogen-bond acceptors (Lipinski definition) is 3. The van der Waals surface area contributed by atoms with Crippen LogP contribution in [-0.4, -0.2) is 42.9 Å². The van der Waals surface area contributed by atoms with Crippen LogP contribution >= 0.6 is 0 Å². The van der Waals surface area contributed by atoms with Gasteiger partial charge in [-0.25, -0.2) is 4.79 Å². The van der Waals surface area contributed by atoms with Crippen molar-refractivity contribution < 1.29 is 9.59 Å². The van der Waals surface area contributed by atoms with E-state index >= 15 is 0 Å². The number of ketones is 1. The maximum absolute atomic E-state index is 12.5. The van der Waals surface area contributed by atoms with Crippen molar-refractivity contribution in [1.82, 2.24) is 4.90 Å². The van der Waals surface area contributed by atoms with Gasteiger partial charge in [-0.2, -0.15) is 0 Å². The van der Waals surface area contributed by atoms with Crippen LogP contribution in [0.4, 0.5) is 16.2 Å². The van der Waals surface area contributed by atoms with Gasteiger partial charge in [0.2, 0.25) is 0 Å². The van der Waals surface area contributed by atoms with Gasteiger partial charge < -0.3 is 15.1 Å². The number of nitrogens with zero attached hydrogens (tertiary/aromatic N) is 2. The lowest BCUT2D eigenvalue weighted by molar-refractivity contribution is 0.101. The van der Waals surface area contributed by atoms with Gasteiger partial charge in [0.1, 0.15) is 0 Å². The molecule has 0 radical (unpaired) electrons. The van der Waals surface area contributed by atoms with Gasteiger partial charge in [-0.3, -0.25) is 4.79 Å². The number of aryl methyl sites for hydroxylation is 1. The fraction of sp³-hybridized carbons (Fsp3) is 0.333. The highest BCUT2D eigenvalue weighted by atomic mass is 16.2. The van der Waals surface area contributed by atoms with E-state index in [0.29, 0.717) is 24.3 Å². The van der Waals surface area contributed by atoms with Gasteiger partial charge in [-0.05, 0) is 50.1 Å². The Morgan fingerprint density at radius 1 is 0.962 bits per heavy atom. The van der Waals surface area contributed by atoms with Gasteiger partial charge in [0.05, 0.1) is 0 Å². The Labute approximate surface area is 154 Å². The summed E-state index contributed by atoms with van der Waals surface area (Å²) in [6.45, 7) is 8.75. The molecule has 2 aromatic carbocycles. The third-order valence-corrected chi connectivity index (χ3v) is 5.00. The van der Waals surface area contributed by atoms with Gasteiger partial charge in [0.15, 0.2) is 5.78 Å². The number of rotatable bonds is 3. The second-order valence-electron chi connectivity index (χ2n) is 6.76. The number of nitrogens with one attached hydrogen (secondary N) is 1. The zero-order chi connectivity index (χ0) is 18.7. The molecule has 3 rings (SSSR count). The Morgan fingerprint density at radius 2 is 1.65 bits per heavy atom. The number of hydrogen-bond donors (Lipinski definition) is 1. The van der Waals surface area contributed by atoms with E-state index in [1.165, 1.54) is 23.7 Å². The number of piperazine rings is 1. The number of carbonyl (C=O) groups is 2. The van der Waals surface area contributed by atoms with E-state index in [9.17, 15) is 9.59 Å². The molecular weight excluding hydrogens is 326 g/mol. The van der Waals surface area contributed by atoms with Crippen LogP contribution in [0.5, 0.6) is 0 Å². The monoisotopic (exact) mass is 351 g/mol. The highest BCUT2D eigenvalue weighted by Gasteiger charge is 2.22. The second-order valence-corrected chi connectivity index (χ2v) is 6.76. The largest absolute Gasteiger partial charge is 0.368 e. The Balaban J connectivity index is 1.61. The second kappa shape index (κ2) is 7.60. The van der Waals surface area contributed by atoms with Crippen molar-refractivity contribution in [2.75, 3.05) is 36.4 Å². The lowest BCUT2D eigenvalue weighted by Crippen LogP contribution is -2.50. The minimum Gasteiger partial charge on any atom is -0.368 e. The number of benzene rings is 2. The number of carbonyl (C=O) groups excluding carboxylic acids is 2. The Kier molecular flexibility index (Phi) is 5.26. The molecule has 5 nitrogen and oxygen atoms in total. The van der Waals surface area contributed by atoms with Crippen molar-refractivity contribution >= 4 is 23.2 Å². The smallest absolute Gasteiger partial charge is 0.321 e. The average molecular weight is 351 g/mol. The van der Waals surface area contributed by atoms with E-state index in [4.69, 9.17) is 0 Å². The highest BCUT2D eigenvalue weighted by molar-refractivity contribution is 5.96. The van der Waals surface area contributed by atoms with E-state index in [1.807, 2.05) is 4.90 Å². The summed E-state index contributed by atoms with van der Waals surface area (Å²) in [6.07, 6.45) is 0. The van der Waals surface area contributed by atoms with Crippen LogP contribution in [0.2, 0.25) is 0 Å². The van der Waals surface area contributed by atoms with Crippen LogP contribution in [0.3, 0.4) is 0 Å². The first kappa shape index (κ1) is 18.0. The minimum absolute atomic E-state index is 0.0109. The Morgan fingerprint density at radius 3 is 2.35 bits per heavy atom. The normalized spacial score (nSPS) is 14.3. The molecule has 1 aliphatic heterocycles. The molecule has 1 N–H and O–H groups in total. The Hall–Kier alpha value is -2.82. The quantitative estimate of drug-likeness (QED) is 0.855. The van der Waals surface area contributed by atoms with Gasteiger partial charge in [0.25, 0.3) is 0 Å². The first-order valence-corrected chi connectivity index (χ1v) is 8.94. The topological polar surface area (TPSA) is 52.7 Å². The van der Waals surface area contributed by atoms with Crippen molar-refractivity contribution in [1.29, 1.82) is 0 Å². The fourth-order valence-corrected chi connectivity index (χ4v) is 3.25. The first-order chi connectivity index (χ1) is 12.5. The van der Waals surface area contributed by atoms with Gasteiger partial charge in [-0.15, -0.1) is 0 Å². The number of urea groups is 1. The lowest BCUT2D eigenvalue weighted by atomic mass is 10.1. The summed E-state index contributed by atoms with van der Waals surface area (Å²) >= 11 is 0. The predicted octanol–water partition coefficient (Wildman–Crippen LogP) is 3.86. The number of Topliss-reactive ketones (excluding diaryl/α,β-unsaturated/α-hetero) is 1. The summed E-state index contributed by atoms with van der Waals surface area (Å²) < 4.78 is 0. The van der Waals surface area contributed by atoms with E-state index in [1.54, 1.807) is 24.3 Å². The maximum atomic E-state index is 12.5. The molecular formula is C21H25N3O2. The Bertz CT molecular complexity index is 824. The van der Waals surface area contributed by atoms with Crippen LogP contribution in [-0.2, 0) is 0 Å². The molecule has 0 aromatic heterocycles. The number of amides is 2. The molecule has 2 aromatic rings. The molecule has 1 aliphatic rings. The third-order valence-electron chi connectivity index (χ3n) is 5.00. The molecule has 0 unspecified atom stereocenters. The SMILES string of the molecule is CC(=O)c1cccc(NC(=O)N2CCN(c3cccc(C)c3C)CC2)c1. The van der Waals surface area contributed by atoms with E-state index < -0.39 is 0 Å². The van der Waals surface area contributed by atoms with Gasteiger partial charge >= 0.3 is 6.03 Å². The van der Waals surface area contributed by atoms with Crippen molar-refractivity contribution in [2.24, 2.45) is 0 Å². The molecule has 5 heteroatoms. The fourth-order valence-electron chi connectivity index (χ4n) is 3.25. The predicted molar refractivity (Wildman–Crippen MR) is 105 cm³/mol. The van der Waals surface area contributed by atoms with Crippen LogP contribution in [0.15, 0.2) is 42.5 Å². The van der Waals surface area contributed by atoms with Gasteiger partial charge in [-0.1, -0.05) is 24.3 Å². The molecule has 1 saturated heterocycles. The van der Waals surface area contributed by atoms with Crippen molar-refractivity contribution in [3.05, 3.63) is 59.2 Å². The highest BCUT2D eigenvalue weighted by Crippen LogP contribution is 2.24. The van der Waals surface area contributed by atoms with E-state index in [0.717, 1.165) is 13.1 Å². The maximum Gasteiger partial charge on any atom is 0.321 e. The minimum atomic E-state index is -0.119. The summed E-state index contributed by atoms with van der Waals surface area (Å²) in [5.74, 6) is -0.0109. The van der Waals surface area contributed by atoms with Crippen LogP contribution in [0.1, 0.15) is 28.4 Å². The zero-order valence-electron chi connectivity index (χ0n) is 15.6. The summed E-state index contributed by atoms with van der Waals surface area (Å²) in [4.78, 5) is 28.2. The van der Waals surface area contributed by atoms with Crippen molar-refractivity contribution in [3.63, 3.8) is 0 Å². The molecule has 136 valence electrons. The van der Waals surface area contributed by atoms with Crippen LogP contribution in [0, 0.1) is 13.8 Å². The number of anilines is 2. The molecule has 0 saturated carbocycles. The van der Waals surface area contributed by atoms with Crippen molar-refractivity contribution in [3.8, 4) is 0 Å². The lowest BCUT2D eigenvalue weighted by Gasteiger charge is -2.37. The summed E-state index contributed by atoms with van der Waals surface area (Å²) in [5.41, 5.74) is 5.08. The molecule has 0 aliphatic carbocycles. The zero-order valence-corrected chi connectivity index (χ0v) is 15.6. The first-order valence-electron chi connectivity index (χ1n) is 8.94. The molecule has 2 amide bonds. The van der Waals surface area contributed by atoms with Crippen molar-refractivity contribution in [2.45, 2.75) is 20.8 Å². The van der Waals surface area contributed by atoms with E-state index in [-0.39, 0.29) is 11.8 Å². The molecule has 26 heavy (non-hydrogen) atoms. The summed E-state index contributed by atoms with van der Waals surface area (Å²) in [6, 6.07) is 13.3. The molecule has 0 bridgehead atoms.